The molecule has 1 aromatic heterocycles. The molecule has 1 amide bonds. The molecule has 1 atom stereocenters. The summed E-state index contributed by atoms with van der Waals surface area (Å²) in [6.45, 7) is 7.23. The Morgan fingerprint density at radius 1 is 1.29 bits per heavy atom. The predicted octanol–water partition coefficient (Wildman–Crippen LogP) is 3.83. The standard InChI is InChI=1S/C17H28N2OS/c1-14(2)12-17(20)18-13-15(16-8-7-11-21-16)19-9-5-3-4-6-10-19/h7-8,11,14-15H,3-6,9-10,12-13H2,1-2H3,(H,18,20)/t15-/m1/s1. The monoisotopic (exact) mass is 308 g/mol. The minimum absolute atomic E-state index is 0.182. The van der Waals surface area contributed by atoms with Gasteiger partial charge in [0.05, 0.1) is 6.04 Å². The number of carbonyl (C=O) groups is 1. The van der Waals surface area contributed by atoms with Crippen LogP contribution in [0.4, 0.5) is 0 Å². The van der Waals surface area contributed by atoms with Gasteiger partial charge < -0.3 is 5.32 Å². The summed E-state index contributed by atoms with van der Waals surface area (Å²) in [6.07, 6.45) is 5.86. The molecule has 1 saturated heterocycles. The lowest BCUT2D eigenvalue weighted by Gasteiger charge is -2.30. The maximum absolute atomic E-state index is 12.0. The molecule has 2 rings (SSSR count). The maximum Gasteiger partial charge on any atom is 0.220 e. The maximum atomic E-state index is 12.0. The second kappa shape index (κ2) is 8.54. The van der Waals surface area contributed by atoms with Gasteiger partial charge in [-0.05, 0) is 43.3 Å². The number of hydrogen-bond donors (Lipinski definition) is 1. The topological polar surface area (TPSA) is 32.3 Å². The summed E-state index contributed by atoms with van der Waals surface area (Å²) in [5, 5.41) is 5.28. The summed E-state index contributed by atoms with van der Waals surface area (Å²) in [4.78, 5) is 15.9. The number of likely N-dealkylation sites (tertiary alicyclic amines) is 1. The zero-order valence-corrected chi connectivity index (χ0v) is 14.1. The van der Waals surface area contributed by atoms with Gasteiger partial charge in [0.2, 0.25) is 5.91 Å². The van der Waals surface area contributed by atoms with Crippen LogP contribution in [-0.4, -0.2) is 30.4 Å². The van der Waals surface area contributed by atoms with Crippen LogP contribution >= 0.6 is 11.3 Å². The third-order valence-corrected chi connectivity index (χ3v) is 5.01. The van der Waals surface area contributed by atoms with Crippen LogP contribution in [0.1, 0.15) is 56.9 Å². The first kappa shape index (κ1) is 16.5. The van der Waals surface area contributed by atoms with E-state index in [2.05, 4.69) is 41.6 Å². The van der Waals surface area contributed by atoms with Crippen LogP contribution in [0.5, 0.6) is 0 Å². The average molecular weight is 308 g/mol. The van der Waals surface area contributed by atoms with E-state index in [1.54, 1.807) is 11.3 Å². The number of nitrogens with one attached hydrogen (secondary N) is 1. The van der Waals surface area contributed by atoms with Crippen LogP contribution in [0.2, 0.25) is 0 Å². The van der Waals surface area contributed by atoms with Gasteiger partial charge in [0, 0.05) is 17.8 Å². The molecular weight excluding hydrogens is 280 g/mol. The summed E-state index contributed by atoms with van der Waals surface area (Å²) in [7, 11) is 0. The van der Waals surface area contributed by atoms with Crippen molar-refractivity contribution in [1.29, 1.82) is 0 Å². The van der Waals surface area contributed by atoms with E-state index in [9.17, 15) is 4.79 Å². The van der Waals surface area contributed by atoms with Gasteiger partial charge in [-0.25, -0.2) is 0 Å². The molecule has 0 radical (unpaired) electrons. The molecule has 1 aromatic rings. The van der Waals surface area contributed by atoms with Crippen molar-refractivity contribution in [2.45, 2.75) is 52.0 Å². The molecule has 0 spiro atoms. The van der Waals surface area contributed by atoms with Crippen molar-refractivity contribution in [1.82, 2.24) is 10.2 Å². The van der Waals surface area contributed by atoms with Gasteiger partial charge in [-0.3, -0.25) is 9.69 Å². The molecule has 1 fully saturated rings. The van der Waals surface area contributed by atoms with E-state index in [-0.39, 0.29) is 5.91 Å². The first-order chi connectivity index (χ1) is 10.2. The molecule has 118 valence electrons. The summed E-state index contributed by atoms with van der Waals surface area (Å²) < 4.78 is 0. The Morgan fingerprint density at radius 2 is 2.00 bits per heavy atom. The Labute approximate surface area is 132 Å². The van der Waals surface area contributed by atoms with E-state index in [1.165, 1.54) is 30.6 Å². The van der Waals surface area contributed by atoms with E-state index < -0.39 is 0 Å². The van der Waals surface area contributed by atoms with Crippen molar-refractivity contribution >= 4 is 17.2 Å². The van der Waals surface area contributed by atoms with Crippen LogP contribution < -0.4 is 5.32 Å². The highest BCUT2D eigenvalue weighted by Crippen LogP contribution is 2.27. The van der Waals surface area contributed by atoms with E-state index in [0.717, 1.165) is 19.6 Å². The Kier molecular flexibility index (Phi) is 6.71. The first-order valence-electron chi connectivity index (χ1n) is 8.21. The zero-order valence-electron chi connectivity index (χ0n) is 13.3. The van der Waals surface area contributed by atoms with Crippen molar-refractivity contribution in [3.63, 3.8) is 0 Å². The van der Waals surface area contributed by atoms with Gasteiger partial charge >= 0.3 is 0 Å². The van der Waals surface area contributed by atoms with Crippen LogP contribution in [0, 0.1) is 5.92 Å². The van der Waals surface area contributed by atoms with Crippen LogP contribution in [0.25, 0.3) is 0 Å². The highest BCUT2D eigenvalue weighted by atomic mass is 32.1. The molecule has 0 saturated carbocycles. The molecule has 1 aliphatic heterocycles. The van der Waals surface area contributed by atoms with Gasteiger partial charge in [0.1, 0.15) is 0 Å². The summed E-state index contributed by atoms with van der Waals surface area (Å²) >= 11 is 1.80. The summed E-state index contributed by atoms with van der Waals surface area (Å²) in [6, 6.07) is 4.66. The molecule has 21 heavy (non-hydrogen) atoms. The molecular formula is C17H28N2OS. The van der Waals surface area contributed by atoms with Crippen molar-refractivity contribution in [3.8, 4) is 0 Å². The van der Waals surface area contributed by atoms with Crippen molar-refractivity contribution < 1.29 is 4.79 Å². The lowest BCUT2D eigenvalue weighted by Crippen LogP contribution is -2.38. The molecule has 0 aromatic carbocycles. The molecule has 0 unspecified atom stereocenters. The van der Waals surface area contributed by atoms with Gasteiger partial charge in [-0.2, -0.15) is 0 Å². The fraction of sp³-hybridized carbons (Fsp3) is 0.706. The smallest absolute Gasteiger partial charge is 0.220 e. The molecule has 1 aliphatic rings. The fourth-order valence-corrected chi connectivity index (χ4v) is 3.81. The van der Waals surface area contributed by atoms with Crippen molar-refractivity contribution in [2.75, 3.05) is 19.6 Å². The fourth-order valence-electron chi connectivity index (χ4n) is 2.95. The van der Waals surface area contributed by atoms with E-state index >= 15 is 0 Å². The van der Waals surface area contributed by atoms with E-state index in [0.29, 0.717) is 18.4 Å². The quantitative estimate of drug-likeness (QED) is 0.866. The predicted molar refractivity (Wildman–Crippen MR) is 89.6 cm³/mol. The van der Waals surface area contributed by atoms with E-state index in [4.69, 9.17) is 0 Å². The molecule has 0 aliphatic carbocycles. The number of nitrogens with zero attached hydrogens (tertiary/aromatic N) is 1. The normalized spacial score (nSPS) is 18.4. The van der Waals surface area contributed by atoms with Gasteiger partial charge in [0.15, 0.2) is 0 Å². The second-order valence-electron chi connectivity index (χ2n) is 6.38. The van der Waals surface area contributed by atoms with Gasteiger partial charge in [-0.15, -0.1) is 11.3 Å². The molecule has 3 nitrogen and oxygen atoms in total. The summed E-state index contributed by atoms with van der Waals surface area (Å²) in [5.41, 5.74) is 0. The molecule has 1 N–H and O–H groups in total. The van der Waals surface area contributed by atoms with Crippen LogP contribution in [0.3, 0.4) is 0 Å². The number of amides is 1. The summed E-state index contributed by atoms with van der Waals surface area (Å²) in [5.74, 6) is 0.602. The van der Waals surface area contributed by atoms with Crippen molar-refractivity contribution in [3.05, 3.63) is 22.4 Å². The Bertz CT molecular complexity index is 408. The van der Waals surface area contributed by atoms with Crippen LogP contribution in [0.15, 0.2) is 17.5 Å². The third kappa shape index (κ3) is 5.44. The Morgan fingerprint density at radius 3 is 2.57 bits per heavy atom. The minimum Gasteiger partial charge on any atom is -0.354 e. The molecule has 4 heteroatoms. The second-order valence-corrected chi connectivity index (χ2v) is 7.36. The minimum atomic E-state index is 0.182. The molecule has 2 heterocycles. The lowest BCUT2D eigenvalue weighted by molar-refractivity contribution is -0.122. The number of thiophene rings is 1. The molecule has 0 bridgehead atoms. The Balaban J connectivity index is 1.97. The third-order valence-electron chi connectivity index (χ3n) is 4.04. The number of carbonyl (C=O) groups excluding carboxylic acids is 1. The number of rotatable bonds is 6. The SMILES string of the molecule is CC(C)CC(=O)NC[C@H](c1cccs1)N1CCCCCC1. The van der Waals surface area contributed by atoms with Crippen molar-refractivity contribution in [2.24, 2.45) is 5.92 Å². The first-order valence-corrected chi connectivity index (χ1v) is 9.09. The van der Waals surface area contributed by atoms with Crippen LogP contribution in [-0.2, 0) is 4.79 Å². The Hall–Kier alpha value is -0.870. The number of hydrogen-bond acceptors (Lipinski definition) is 3. The largest absolute Gasteiger partial charge is 0.354 e. The highest BCUT2D eigenvalue weighted by Gasteiger charge is 2.22. The van der Waals surface area contributed by atoms with Gasteiger partial charge in [0.25, 0.3) is 0 Å². The van der Waals surface area contributed by atoms with Gasteiger partial charge in [-0.1, -0.05) is 32.8 Å². The van der Waals surface area contributed by atoms with E-state index in [1.807, 2.05) is 0 Å². The average Bonchev–Trinajstić information content (AvgIpc) is 2.81. The highest BCUT2D eigenvalue weighted by molar-refractivity contribution is 7.10. The lowest BCUT2D eigenvalue weighted by atomic mass is 10.1. The zero-order chi connectivity index (χ0) is 15.1.